The topological polar surface area (TPSA) is 18.5 Å². The molecule has 6 aromatic rings. The lowest BCUT2D eigenvalue weighted by Gasteiger charge is -2.18. The molecule has 0 fully saturated rings. The van der Waals surface area contributed by atoms with Crippen molar-refractivity contribution in [2.75, 3.05) is 0 Å². The predicted molar refractivity (Wildman–Crippen MR) is 140 cm³/mol. The van der Waals surface area contributed by atoms with Gasteiger partial charge in [0.2, 0.25) is 0 Å². The van der Waals surface area contributed by atoms with E-state index in [0.717, 1.165) is 44.2 Å². The van der Waals surface area contributed by atoms with Crippen LogP contribution in [-0.4, -0.2) is 0 Å². The monoisotopic (exact) mass is 438 g/mol. The van der Waals surface area contributed by atoms with Crippen LogP contribution in [0.5, 0.6) is 23.0 Å². The first kappa shape index (κ1) is 20.1. The highest BCUT2D eigenvalue weighted by Gasteiger charge is 2.17. The Morgan fingerprint density at radius 3 is 1.53 bits per heavy atom. The second-order valence-electron chi connectivity index (χ2n) is 8.16. The minimum Gasteiger partial charge on any atom is -0.453 e. The summed E-state index contributed by atoms with van der Waals surface area (Å²) in [6.45, 7) is 0. The second-order valence-corrected chi connectivity index (χ2v) is 8.16. The van der Waals surface area contributed by atoms with E-state index >= 15 is 0 Å². The lowest BCUT2D eigenvalue weighted by atomic mass is 10.0. The summed E-state index contributed by atoms with van der Waals surface area (Å²) in [6.07, 6.45) is 0. The van der Waals surface area contributed by atoms with E-state index in [-0.39, 0.29) is 0 Å². The van der Waals surface area contributed by atoms with Gasteiger partial charge >= 0.3 is 0 Å². The molecule has 0 aromatic heterocycles. The highest BCUT2D eigenvalue weighted by atomic mass is 16.5. The van der Waals surface area contributed by atoms with Crippen molar-refractivity contribution in [1.29, 1.82) is 0 Å². The predicted octanol–water partition coefficient (Wildman–Crippen LogP) is 9.24. The summed E-state index contributed by atoms with van der Waals surface area (Å²) in [7, 11) is 0. The molecule has 0 radical (unpaired) electrons. The first-order valence-electron chi connectivity index (χ1n) is 11.4. The van der Waals surface area contributed by atoms with Crippen LogP contribution in [0.15, 0.2) is 133 Å². The van der Waals surface area contributed by atoms with Crippen LogP contribution in [0.3, 0.4) is 0 Å². The van der Waals surface area contributed by atoms with Crippen LogP contribution < -0.4 is 9.47 Å². The SMILES string of the molecule is c1ccc(-c2cccc(Oc3cccc4ccccc34)c2Oc2cccc3ccccc23)cc1. The first-order chi connectivity index (χ1) is 16.9. The minimum atomic E-state index is 0.672. The van der Waals surface area contributed by atoms with Crippen LogP contribution in [0.4, 0.5) is 0 Å². The van der Waals surface area contributed by atoms with Crippen molar-refractivity contribution in [3.05, 3.63) is 133 Å². The van der Waals surface area contributed by atoms with Crippen molar-refractivity contribution in [3.63, 3.8) is 0 Å². The molecule has 0 unspecified atom stereocenters. The van der Waals surface area contributed by atoms with Crippen LogP contribution in [0.25, 0.3) is 32.7 Å². The molecule has 6 rings (SSSR count). The van der Waals surface area contributed by atoms with Gasteiger partial charge in [0.1, 0.15) is 11.5 Å². The largest absolute Gasteiger partial charge is 0.453 e. The van der Waals surface area contributed by atoms with Gasteiger partial charge < -0.3 is 9.47 Å². The Balaban J connectivity index is 1.52. The number of para-hydroxylation sites is 1. The minimum absolute atomic E-state index is 0.672. The maximum absolute atomic E-state index is 6.67. The molecule has 0 saturated heterocycles. The van der Waals surface area contributed by atoms with Gasteiger partial charge in [0, 0.05) is 16.3 Å². The standard InChI is InChI=1S/C32H22O2/c1-2-11-25(12-3-1)28-19-10-22-31(33-29-20-8-15-23-13-4-6-17-26(23)29)32(28)34-30-21-9-16-24-14-5-7-18-27(24)30/h1-22H. The van der Waals surface area contributed by atoms with E-state index < -0.39 is 0 Å². The summed E-state index contributed by atoms with van der Waals surface area (Å²) in [5.74, 6) is 2.96. The maximum Gasteiger partial charge on any atom is 0.177 e. The van der Waals surface area contributed by atoms with Crippen LogP contribution in [-0.2, 0) is 0 Å². The van der Waals surface area contributed by atoms with Gasteiger partial charge in [-0.15, -0.1) is 0 Å². The van der Waals surface area contributed by atoms with E-state index in [2.05, 4.69) is 54.6 Å². The Kier molecular flexibility index (Phi) is 5.17. The fourth-order valence-electron chi connectivity index (χ4n) is 4.34. The van der Waals surface area contributed by atoms with Crippen LogP contribution in [0.2, 0.25) is 0 Å². The van der Waals surface area contributed by atoms with Crippen molar-refractivity contribution in [2.45, 2.75) is 0 Å². The Morgan fingerprint density at radius 2 is 0.853 bits per heavy atom. The van der Waals surface area contributed by atoms with Gasteiger partial charge in [-0.1, -0.05) is 115 Å². The molecular formula is C32H22O2. The normalized spacial score (nSPS) is 10.9. The zero-order chi connectivity index (χ0) is 22.7. The smallest absolute Gasteiger partial charge is 0.177 e. The molecule has 6 aromatic carbocycles. The first-order valence-corrected chi connectivity index (χ1v) is 11.4. The number of hydrogen-bond acceptors (Lipinski definition) is 2. The molecule has 2 heteroatoms. The second kappa shape index (κ2) is 8.76. The number of fused-ring (bicyclic) bond motifs is 2. The van der Waals surface area contributed by atoms with Gasteiger partial charge in [-0.2, -0.15) is 0 Å². The van der Waals surface area contributed by atoms with Crippen LogP contribution >= 0.6 is 0 Å². The van der Waals surface area contributed by atoms with Crippen molar-refractivity contribution in [3.8, 4) is 34.1 Å². The maximum atomic E-state index is 6.67. The third-order valence-electron chi connectivity index (χ3n) is 5.99. The van der Waals surface area contributed by atoms with Gasteiger partial charge in [-0.25, -0.2) is 0 Å². The Hall–Kier alpha value is -4.56. The Morgan fingerprint density at radius 1 is 0.353 bits per heavy atom. The van der Waals surface area contributed by atoms with E-state index in [1.165, 1.54) is 0 Å². The molecule has 0 saturated carbocycles. The van der Waals surface area contributed by atoms with Gasteiger partial charge in [0.05, 0.1) is 0 Å². The Bertz CT molecular complexity index is 1590. The highest BCUT2D eigenvalue weighted by Crippen LogP contribution is 2.44. The molecule has 0 spiro atoms. The summed E-state index contributed by atoms with van der Waals surface area (Å²) >= 11 is 0. The molecule has 0 atom stereocenters. The van der Waals surface area contributed by atoms with Crippen LogP contribution in [0, 0.1) is 0 Å². The highest BCUT2D eigenvalue weighted by molar-refractivity contribution is 5.90. The number of hydrogen-bond donors (Lipinski definition) is 0. The quantitative estimate of drug-likeness (QED) is 0.267. The summed E-state index contributed by atoms with van der Waals surface area (Å²) < 4.78 is 13.2. The van der Waals surface area contributed by atoms with E-state index in [1.54, 1.807) is 0 Å². The molecule has 0 aliphatic heterocycles. The fraction of sp³-hybridized carbons (Fsp3) is 0. The molecule has 2 nitrogen and oxygen atoms in total. The third kappa shape index (κ3) is 3.76. The molecule has 34 heavy (non-hydrogen) atoms. The lowest BCUT2D eigenvalue weighted by Crippen LogP contribution is -1.94. The van der Waals surface area contributed by atoms with Gasteiger partial charge in [0.15, 0.2) is 11.5 Å². The average Bonchev–Trinajstić information content (AvgIpc) is 2.90. The van der Waals surface area contributed by atoms with Crippen molar-refractivity contribution in [1.82, 2.24) is 0 Å². The van der Waals surface area contributed by atoms with E-state index in [4.69, 9.17) is 9.47 Å². The third-order valence-corrected chi connectivity index (χ3v) is 5.99. The molecule has 0 amide bonds. The summed E-state index contributed by atoms with van der Waals surface area (Å²) in [5, 5.41) is 4.39. The summed E-state index contributed by atoms with van der Waals surface area (Å²) in [4.78, 5) is 0. The van der Waals surface area contributed by atoms with Crippen molar-refractivity contribution < 1.29 is 9.47 Å². The molecule has 0 aliphatic rings. The van der Waals surface area contributed by atoms with E-state index in [9.17, 15) is 0 Å². The molecule has 162 valence electrons. The zero-order valence-electron chi connectivity index (χ0n) is 18.5. The molecular weight excluding hydrogens is 416 g/mol. The van der Waals surface area contributed by atoms with Crippen LogP contribution in [0.1, 0.15) is 0 Å². The summed E-state index contributed by atoms with van der Waals surface area (Å²) in [6, 6.07) is 45.1. The number of rotatable bonds is 5. The number of ether oxygens (including phenoxy) is 2. The zero-order valence-corrected chi connectivity index (χ0v) is 18.5. The van der Waals surface area contributed by atoms with E-state index in [0.29, 0.717) is 11.5 Å². The summed E-state index contributed by atoms with van der Waals surface area (Å²) in [5.41, 5.74) is 2.05. The molecule has 0 heterocycles. The molecule has 0 aliphatic carbocycles. The van der Waals surface area contributed by atoms with Crippen molar-refractivity contribution >= 4 is 21.5 Å². The number of benzene rings is 6. The van der Waals surface area contributed by atoms with Crippen molar-refractivity contribution in [2.24, 2.45) is 0 Å². The van der Waals surface area contributed by atoms with E-state index in [1.807, 2.05) is 78.9 Å². The van der Waals surface area contributed by atoms with Gasteiger partial charge in [0.25, 0.3) is 0 Å². The molecule has 0 N–H and O–H groups in total. The Labute approximate surface area is 198 Å². The lowest BCUT2D eigenvalue weighted by molar-refractivity contribution is 0.425. The van der Waals surface area contributed by atoms with Gasteiger partial charge in [-0.05, 0) is 34.5 Å². The fourth-order valence-corrected chi connectivity index (χ4v) is 4.34. The molecule has 0 bridgehead atoms. The van der Waals surface area contributed by atoms with Gasteiger partial charge in [-0.3, -0.25) is 0 Å². The average molecular weight is 439 g/mol.